The van der Waals surface area contributed by atoms with Crippen LogP contribution in [0.25, 0.3) is 55.6 Å². The van der Waals surface area contributed by atoms with E-state index < -0.39 is 0 Å². The highest BCUT2D eigenvalue weighted by Gasteiger charge is 2.43. The number of hydrogen-bond acceptors (Lipinski definition) is 1. The van der Waals surface area contributed by atoms with Gasteiger partial charge >= 0.3 is 0 Å². The first-order valence-electron chi connectivity index (χ1n) is 19.8. The molecule has 1 fully saturated rings. The van der Waals surface area contributed by atoms with Crippen LogP contribution in [0.3, 0.4) is 0 Å². The van der Waals surface area contributed by atoms with Gasteiger partial charge in [-0.25, -0.2) is 0 Å². The normalized spacial score (nSPS) is 14.0. The fourth-order valence-electron chi connectivity index (χ4n) is 9.60. The molecule has 264 valence electrons. The van der Waals surface area contributed by atoms with Gasteiger partial charge in [0.25, 0.3) is 0 Å². The summed E-state index contributed by atoms with van der Waals surface area (Å²) in [6, 6.07) is 73.8. The Bertz CT molecular complexity index is 2630. The second kappa shape index (κ2) is 14.1. The minimum Gasteiger partial charge on any atom is -0.310 e. The van der Waals surface area contributed by atoms with Gasteiger partial charge in [0.2, 0.25) is 0 Å². The lowest BCUT2D eigenvalue weighted by Crippen LogP contribution is -2.28. The van der Waals surface area contributed by atoms with Crippen molar-refractivity contribution < 1.29 is 0 Å². The van der Waals surface area contributed by atoms with Crippen LogP contribution in [-0.2, 0) is 5.41 Å². The topological polar surface area (TPSA) is 3.24 Å². The highest BCUT2D eigenvalue weighted by molar-refractivity contribution is 5.98. The largest absolute Gasteiger partial charge is 0.310 e. The molecule has 1 spiro atoms. The summed E-state index contributed by atoms with van der Waals surface area (Å²) in [5, 5.41) is 0. The van der Waals surface area contributed by atoms with Gasteiger partial charge in [0.1, 0.15) is 0 Å². The standard InChI is InChI=1S/C54H43N/c1-4-19-39(20-5-1)41-23-18-24-42(37-41)55(43-33-34-52-50(38-43)48-29-12-14-31-51(48)54(52)35-16-3-17-36-54)53-32-15-13-30-49(53)47-28-11-10-27-46(47)45-26-9-8-25-44(45)40-21-6-2-7-22-40/h1-2,4-15,18-34,37-38H,3,16-17,35-36H2. The molecular weight excluding hydrogens is 663 g/mol. The fraction of sp³-hybridized carbons (Fsp3) is 0.111. The number of para-hydroxylation sites is 1. The molecule has 0 unspecified atom stereocenters. The third-order valence-electron chi connectivity index (χ3n) is 12.1. The van der Waals surface area contributed by atoms with Crippen LogP contribution < -0.4 is 4.90 Å². The highest BCUT2D eigenvalue weighted by atomic mass is 15.1. The molecule has 8 aromatic rings. The zero-order valence-corrected chi connectivity index (χ0v) is 31.0. The number of hydrogen-bond donors (Lipinski definition) is 0. The van der Waals surface area contributed by atoms with E-state index in [0.717, 1.165) is 11.4 Å². The second-order valence-corrected chi connectivity index (χ2v) is 15.1. The maximum Gasteiger partial charge on any atom is 0.0540 e. The quantitative estimate of drug-likeness (QED) is 0.160. The Labute approximate surface area is 325 Å². The van der Waals surface area contributed by atoms with Crippen LogP contribution in [0.2, 0.25) is 0 Å². The van der Waals surface area contributed by atoms with Crippen molar-refractivity contribution in [1.29, 1.82) is 0 Å². The van der Waals surface area contributed by atoms with Gasteiger partial charge in [-0.3, -0.25) is 0 Å². The van der Waals surface area contributed by atoms with Crippen molar-refractivity contribution in [2.75, 3.05) is 4.90 Å². The first-order valence-corrected chi connectivity index (χ1v) is 19.8. The predicted octanol–water partition coefficient (Wildman–Crippen LogP) is 15.1. The summed E-state index contributed by atoms with van der Waals surface area (Å²) >= 11 is 0. The van der Waals surface area contributed by atoms with Crippen LogP contribution >= 0.6 is 0 Å². The van der Waals surface area contributed by atoms with E-state index in [2.05, 4.69) is 205 Å². The average molecular weight is 706 g/mol. The number of benzene rings is 8. The molecule has 0 bridgehead atoms. The molecule has 0 aromatic heterocycles. The second-order valence-electron chi connectivity index (χ2n) is 15.1. The zero-order valence-electron chi connectivity index (χ0n) is 31.0. The van der Waals surface area contributed by atoms with E-state index in [0.29, 0.717) is 0 Å². The summed E-state index contributed by atoms with van der Waals surface area (Å²) in [5.41, 5.74) is 19.1. The van der Waals surface area contributed by atoms with Gasteiger partial charge in [-0.15, -0.1) is 0 Å². The molecule has 2 aliphatic carbocycles. The Kier molecular flexibility index (Phi) is 8.49. The third kappa shape index (κ3) is 5.79. The van der Waals surface area contributed by atoms with Gasteiger partial charge in [0, 0.05) is 22.4 Å². The minimum absolute atomic E-state index is 0.115. The monoisotopic (exact) mass is 705 g/mol. The average Bonchev–Trinajstić information content (AvgIpc) is 3.52. The molecule has 2 aliphatic rings. The molecule has 0 saturated heterocycles. The molecule has 10 rings (SSSR count). The first kappa shape index (κ1) is 33.2. The van der Waals surface area contributed by atoms with Crippen molar-refractivity contribution in [2.24, 2.45) is 0 Å². The lowest BCUT2D eigenvalue weighted by atomic mass is 9.68. The Balaban J connectivity index is 1.19. The van der Waals surface area contributed by atoms with Gasteiger partial charge in [-0.2, -0.15) is 0 Å². The fourth-order valence-corrected chi connectivity index (χ4v) is 9.60. The molecule has 0 amide bonds. The van der Waals surface area contributed by atoms with Crippen LogP contribution in [-0.4, -0.2) is 0 Å². The lowest BCUT2D eigenvalue weighted by Gasteiger charge is -2.36. The van der Waals surface area contributed by atoms with E-state index in [1.54, 1.807) is 0 Å². The van der Waals surface area contributed by atoms with E-state index in [9.17, 15) is 0 Å². The summed E-state index contributed by atoms with van der Waals surface area (Å²) in [4.78, 5) is 2.50. The molecule has 0 aliphatic heterocycles. The minimum atomic E-state index is 0.115. The van der Waals surface area contributed by atoms with Gasteiger partial charge < -0.3 is 4.90 Å². The molecule has 1 heteroatoms. The maximum absolute atomic E-state index is 2.50. The number of anilines is 3. The van der Waals surface area contributed by atoms with Crippen molar-refractivity contribution in [3.8, 4) is 55.6 Å². The summed E-state index contributed by atoms with van der Waals surface area (Å²) in [7, 11) is 0. The third-order valence-corrected chi connectivity index (χ3v) is 12.1. The number of rotatable bonds is 7. The zero-order chi connectivity index (χ0) is 36.6. The summed E-state index contributed by atoms with van der Waals surface area (Å²) in [6.45, 7) is 0. The maximum atomic E-state index is 2.50. The van der Waals surface area contributed by atoms with E-state index in [-0.39, 0.29) is 5.41 Å². The van der Waals surface area contributed by atoms with E-state index in [4.69, 9.17) is 0 Å². The van der Waals surface area contributed by atoms with Crippen molar-refractivity contribution in [1.82, 2.24) is 0 Å². The molecule has 1 nitrogen and oxygen atoms in total. The molecule has 0 N–H and O–H groups in total. The molecular formula is C54H43N. The Morgan fingerprint density at radius 1 is 0.309 bits per heavy atom. The van der Waals surface area contributed by atoms with E-state index in [1.807, 2.05) is 0 Å². The molecule has 0 radical (unpaired) electrons. The van der Waals surface area contributed by atoms with Crippen LogP contribution in [0.1, 0.15) is 43.2 Å². The Morgan fingerprint density at radius 2 is 0.818 bits per heavy atom. The summed E-state index contributed by atoms with van der Waals surface area (Å²) in [6.07, 6.45) is 6.35. The first-order chi connectivity index (χ1) is 27.3. The highest BCUT2D eigenvalue weighted by Crippen LogP contribution is 2.57. The van der Waals surface area contributed by atoms with Crippen LogP contribution in [0.5, 0.6) is 0 Å². The van der Waals surface area contributed by atoms with Crippen molar-refractivity contribution in [3.63, 3.8) is 0 Å². The molecule has 0 atom stereocenters. The number of nitrogens with zero attached hydrogens (tertiary/aromatic N) is 1. The van der Waals surface area contributed by atoms with Crippen LogP contribution in [0, 0.1) is 0 Å². The number of fused-ring (bicyclic) bond motifs is 5. The summed E-state index contributed by atoms with van der Waals surface area (Å²) in [5.74, 6) is 0. The van der Waals surface area contributed by atoms with E-state index >= 15 is 0 Å². The molecule has 1 saturated carbocycles. The van der Waals surface area contributed by atoms with E-state index in [1.165, 1.54) is 105 Å². The molecule has 0 heterocycles. The smallest absolute Gasteiger partial charge is 0.0540 e. The van der Waals surface area contributed by atoms with Gasteiger partial charge in [-0.05, 0) is 104 Å². The van der Waals surface area contributed by atoms with Crippen LogP contribution in [0.15, 0.2) is 200 Å². The lowest BCUT2D eigenvalue weighted by molar-refractivity contribution is 0.353. The van der Waals surface area contributed by atoms with Crippen molar-refractivity contribution in [3.05, 3.63) is 211 Å². The van der Waals surface area contributed by atoms with Crippen molar-refractivity contribution in [2.45, 2.75) is 37.5 Å². The SMILES string of the molecule is c1ccc(-c2cccc(N(c3ccc4c(c3)-c3ccccc3C43CCCCC3)c3ccccc3-c3ccccc3-c3ccccc3-c3ccccc3)c2)cc1. The Hall–Kier alpha value is -6.44. The molecule has 55 heavy (non-hydrogen) atoms. The van der Waals surface area contributed by atoms with Gasteiger partial charge in [0.15, 0.2) is 0 Å². The summed E-state index contributed by atoms with van der Waals surface area (Å²) < 4.78 is 0. The Morgan fingerprint density at radius 3 is 1.55 bits per heavy atom. The molecule has 8 aromatic carbocycles. The van der Waals surface area contributed by atoms with Gasteiger partial charge in [0.05, 0.1) is 5.69 Å². The van der Waals surface area contributed by atoms with Crippen LogP contribution in [0.4, 0.5) is 17.1 Å². The predicted molar refractivity (Wildman–Crippen MR) is 232 cm³/mol. The van der Waals surface area contributed by atoms with Crippen molar-refractivity contribution >= 4 is 17.1 Å². The van der Waals surface area contributed by atoms with Gasteiger partial charge in [-0.1, -0.05) is 189 Å².